The molecule has 3 rings (SSSR count). The van der Waals surface area contributed by atoms with Gasteiger partial charge in [-0.05, 0) is 26.3 Å². The first-order valence-corrected chi connectivity index (χ1v) is 8.04. The zero-order chi connectivity index (χ0) is 17.3. The number of likely N-dealkylation sites (tertiary alicyclic amines) is 1. The third-order valence-electron chi connectivity index (χ3n) is 5.00. The number of carbonyl (C=O) groups is 2. The minimum Gasteiger partial charge on any atom is -0.354 e. The Hall–Kier alpha value is -2.09. The summed E-state index contributed by atoms with van der Waals surface area (Å²) in [6, 6.07) is 0.651. The van der Waals surface area contributed by atoms with Gasteiger partial charge in [0.2, 0.25) is 5.91 Å². The highest BCUT2D eigenvalue weighted by Gasteiger charge is 2.46. The van der Waals surface area contributed by atoms with E-state index < -0.39 is 23.1 Å². The van der Waals surface area contributed by atoms with Crippen molar-refractivity contribution in [3.8, 4) is 0 Å². The van der Waals surface area contributed by atoms with Gasteiger partial charge in [-0.15, -0.1) is 0 Å². The fraction of sp³-hybridized carbons (Fsp3) is 0.562. The summed E-state index contributed by atoms with van der Waals surface area (Å²) in [7, 11) is 1.92. The molecule has 0 radical (unpaired) electrons. The molecule has 2 fully saturated rings. The monoisotopic (exact) mass is 338 g/mol. The highest BCUT2D eigenvalue weighted by Crippen LogP contribution is 2.30. The molecule has 0 atom stereocenters. The van der Waals surface area contributed by atoms with E-state index in [1.807, 2.05) is 11.9 Å². The summed E-state index contributed by atoms with van der Waals surface area (Å²) < 4.78 is 26.7. The Kier molecular flexibility index (Phi) is 4.49. The number of pyridine rings is 1. The molecule has 1 aromatic rings. The summed E-state index contributed by atoms with van der Waals surface area (Å²) in [5, 5.41) is 2.93. The molecule has 2 aliphatic rings. The van der Waals surface area contributed by atoms with Crippen LogP contribution >= 0.6 is 0 Å². The molecule has 1 N–H and O–H groups in total. The van der Waals surface area contributed by atoms with Crippen LogP contribution in [0.15, 0.2) is 12.3 Å². The molecule has 0 aliphatic carbocycles. The van der Waals surface area contributed by atoms with E-state index in [0.717, 1.165) is 19.2 Å². The number of carbonyl (C=O) groups excluding carboxylic acids is 2. The van der Waals surface area contributed by atoms with E-state index in [4.69, 9.17) is 0 Å². The molecule has 8 heteroatoms. The summed E-state index contributed by atoms with van der Waals surface area (Å²) in [6.07, 6.45) is 2.67. The van der Waals surface area contributed by atoms with Crippen LogP contribution in [0.2, 0.25) is 0 Å². The molecule has 0 unspecified atom stereocenters. The fourth-order valence-electron chi connectivity index (χ4n) is 3.48. The smallest absolute Gasteiger partial charge is 0.275 e. The van der Waals surface area contributed by atoms with Crippen molar-refractivity contribution in [1.29, 1.82) is 0 Å². The summed E-state index contributed by atoms with van der Waals surface area (Å²) in [4.78, 5) is 32.0. The van der Waals surface area contributed by atoms with Gasteiger partial charge in [0.25, 0.3) is 5.91 Å². The van der Waals surface area contributed by atoms with Gasteiger partial charge in [-0.1, -0.05) is 0 Å². The molecule has 2 aliphatic heterocycles. The Balaban J connectivity index is 1.74. The normalized spacial score (nSPS) is 21.5. The Morgan fingerprint density at radius 2 is 2.00 bits per heavy atom. The third kappa shape index (κ3) is 2.86. The van der Waals surface area contributed by atoms with E-state index >= 15 is 0 Å². The van der Waals surface area contributed by atoms with Crippen LogP contribution < -0.4 is 5.32 Å². The van der Waals surface area contributed by atoms with Crippen LogP contribution in [-0.2, 0) is 4.79 Å². The quantitative estimate of drug-likeness (QED) is 0.822. The molecular formula is C16H20F2N4O2. The Bertz CT molecular complexity index is 659. The van der Waals surface area contributed by atoms with Gasteiger partial charge in [0.05, 0.1) is 6.20 Å². The maximum atomic E-state index is 13.8. The molecule has 3 heterocycles. The number of halogens is 2. The van der Waals surface area contributed by atoms with E-state index in [2.05, 4.69) is 10.3 Å². The van der Waals surface area contributed by atoms with Crippen LogP contribution in [0.3, 0.4) is 0 Å². The number of aromatic nitrogens is 1. The summed E-state index contributed by atoms with van der Waals surface area (Å²) in [5.41, 5.74) is -1.01. The number of piperidine rings is 1. The summed E-state index contributed by atoms with van der Waals surface area (Å²) in [6.45, 7) is 2.11. The number of nitrogens with zero attached hydrogens (tertiary/aromatic N) is 3. The first-order valence-electron chi connectivity index (χ1n) is 8.04. The van der Waals surface area contributed by atoms with Crippen molar-refractivity contribution in [2.75, 3.05) is 33.2 Å². The first-order chi connectivity index (χ1) is 11.4. The average Bonchev–Trinajstić information content (AvgIpc) is 2.69. The molecule has 1 aromatic heterocycles. The van der Waals surface area contributed by atoms with Gasteiger partial charge in [-0.3, -0.25) is 14.5 Å². The van der Waals surface area contributed by atoms with Crippen molar-refractivity contribution in [3.63, 3.8) is 0 Å². The Labute approximate surface area is 138 Å². The lowest BCUT2D eigenvalue weighted by Gasteiger charge is -2.44. The lowest BCUT2D eigenvalue weighted by atomic mass is 9.85. The zero-order valence-electron chi connectivity index (χ0n) is 13.5. The van der Waals surface area contributed by atoms with Crippen LogP contribution in [0.1, 0.15) is 29.8 Å². The largest absolute Gasteiger partial charge is 0.354 e. The van der Waals surface area contributed by atoms with Gasteiger partial charge >= 0.3 is 0 Å². The summed E-state index contributed by atoms with van der Waals surface area (Å²) >= 11 is 0. The van der Waals surface area contributed by atoms with E-state index in [1.54, 1.807) is 0 Å². The van der Waals surface area contributed by atoms with Gasteiger partial charge < -0.3 is 10.2 Å². The standard InChI is InChI=1S/C16H20F2N4O2/c1-21-6-2-5-19-15(24)16(21)3-7-22(8-4-16)14(23)13-12(18)9-11(17)10-20-13/h9-10H,2-8H2,1H3,(H,19,24). The molecule has 0 aromatic carbocycles. The van der Waals surface area contributed by atoms with E-state index in [-0.39, 0.29) is 11.6 Å². The van der Waals surface area contributed by atoms with Crippen molar-refractivity contribution >= 4 is 11.8 Å². The molecule has 6 nitrogen and oxygen atoms in total. The number of likely N-dealkylation sites (N-methyl/N-ethyl adjacent to an activating group) is 1. The van der Waals surface area contributed by atoms with Crippen LogP contribution in [0, 0.1) is 11.6 Å². The highest BCUT2D eigenvalue weighted by atomic mass is 19.1. The molecule has 2 saturated heterocycles. The van der Waals surface area contributed by atoms with E-state index in [9.17, 15) is 18.4 Å². The number of hydrogen-bond donors (Lipinski definition) is 1. The third-order valence-corrected chi connectivity index (χ3v) is 5.00. The molecule has 0 bridgehead atoms. The zero-order valence-corrected chi connectivity index (χ0v) is 13.5. The number of amides is 2. The molecular weight excluding hydrogens is 318 g/mol. The van der Waals surface area contributed by atoms with Crippen LogP contribution in [0.25, 0.3) is 0 Å². The maximum Gasteiger partial charge on any atom is 0.275 e. The molecule has 1 spiro atoms. The predicted octanol–water partition coefficient (Wildman–Crippen LogP) is 0.786. The van der Waals surface area contributed by atoms with Gasteiger partial charge in [0.1, 0.15) is 11.4 Å². The highest BCUT2D eigenvalue weighted by molar-refractivity contribution is 5.93. The first kappa shape index (κ1) is 16.8. The number of rotatable bonds is 1. The summed E-state index contributed by atoms with van der Waals surface area (Å²) in [5.74, 6) is -2.37. The maximum absolute atomic E-state index is 13.8. The molecule has 2 amide bonds. The van der Waals surface area contributed by atoms with Crippen molar-refractivity contribution in [3.05, 3.63) is 29.6 Å². The van der Waals surface area contributed by atoms with Gasteiger partial charge in [-0.25, -0.2) is 13.8 Å². The number of nitrogens with one attached hydrogen (secondary N) is 1. The van der Waals surface area contributed by atoms with Crippen molar-refractivity contribution < 1.29 is 18.4 Å². The topological polar surface area (TPSA) is 65.5 Å². The van der Waals surface area contributed by atoms with Crippen molar-refractivity contribution in [2.45, 2.75) is 24.8 Å². The minimum atomic E-state index is -0.968. The Morgan fingerprint density at radius 1 is 1.29 bits per heavy atom. The minimum absolute atomic E-state index is 0.0133. The van der Waals surface area contributed by atoms with E-state index in [0.29, 0.717) is 38.5 Å². The number of hydrogen-bond acceptors (Lipinski definition) is 4. The second-order valence-electron chi connectivity index (χ2n) is 6.34. The van der Waals surface area contributed by atoms with Crippen LogP contribution in [0.5, 0.6) is 0 Å². The molecule has 24 heavy (non-hydrogen) atoms. The molecule has 130 valence electrons. The van der Waals surface area contributed by atoms with Gasteiger partial charge in [-0.2, -0.15) is 0 Å². The second-order valence-corrected chi connectivity index (χ2v) is 6.34. The SMILES string of the molecule is CN1CCCNC(=O)C12CCN(C(=O)c1ncc(F)cc1F)CC2. The average molecular weight is 338 g/mol. The Morgan fingerprint density at radius 3 is 2.67 bits per heavy atom. The fourth-order valence-corrected chi connectivity index (χ4v) is 3.48. The van der Waals surface area contributed by atoms with Gasteiger partial charge in [0.15, 0.2) is 11.5 Å². The lowest BCUT2D eigenvalue weighted by Crippen LogP contribution is -2.61. The van der Waals surface area contributed by atoms with Gasteiger partial charge in [0, 0.05) is 32.2 Å². The van der Waals surface area contributed by atoms with E-state index in [1.165, 1.54) is 4.90 Å². The predicted molar refractivity (Wildman–Crippen MR) is 82.3 cm³/mol. The second kappa shape index (κ2) is 6.43. The van der Waals surface area contributed by atoms with Crippen molar-refractivity contribution in [1.82, 2.24) is 20.1 Å². The lowest BCUT2D eigenvalue weighted by molar-refractivity contribution is -0.134. The van der Waals surface area contributed by atoms with Crippen LogP contribution in [-0.4, -0.2) is 65.4 Å². The van der Waals surface area contributed by atoms with Crippen LogP contribution in [0.4, 0.5) is 8.78 Å². The van der Waals surface area contributed by atoms with Crippen molar-refractivity contribution in [2.24, 2.45) is 0 Å². The molecule has 0 saturated carbocycles.